The Kier molecular flexibility index (Phi) is 7.47. The third-order valence-corrected chi connectivity index (χ3v) is 3.52. The average molecular weight is 374 g/mol. The van der Waals surface area contributed by atoms with E-state index in [1.165, 1.54) is 0 Å². The minimum absolute atomic E-state index is 0.139. The maximum absolute atomic E-state index is 12.0. The summed E-state index contributed by atoms with van der Waals surface area (Å²) in [6.07, 6.45) is -4.71. The second kappa shape index (κ2) is 8.91. The molecule has 1 aromatic rings. The van der Waals surface area contributed by atoms with Crippen molar-refractivity contribution >= 4 is 11.8 Å². The van der Waals surface area contributed by atoms with E-state index in [1.807, 2.05) is 45.9 Å². The summed E-state index contributed by atoms with van der Waals surface area (Å²) in [6, 6.07) is 5.72. The van der Waals surface area contributed by atoms with Crippen LogP contribution in [0, 0.1) is 6.92 Å². The van der Waals surface area contributed by atoms with Gasteiger partial charge in [-0.2, -0.15) is 13.2 Å². The van der Waals surface area contributed by atoms with Crippen LogP contribution in [0.3, 0.4) is 0 Å². The third kappa shape index (κ3) is 7.33. The van der Waals surface area contributed by atoms with E-state index in [0.29, 0.717) is 5.75 Å². The molecule has 2 amide bonds. The number of halogens is 3. The predicted octanol–water partition coefficient (Wildman–Crippen LogP) is 2.86. The Labute approximate surface area is 151 Å². The summed E-state index contributed by atoms with van der Waals surface area (Å²) in [5.74, 6) is -1.75. The third-order valence-electron chi connectivity index (χ3n) is 3.52. The van der Waals surface area contributed by atoms with Gasteiger partial charge in [0.25, 0.3) is 5.91 Å². The van der Waals surface area contributed by atoms with Crippen LogP contribution in [0.25, 0.3) is 0 Å². The van der Waals surface area contributed by atoms with Crippen molar-refractivity contribution in [1.82, 2.24) is 10.6 Å². The summed E-state index contributed by atoms with van der Waals surface area (Å²) in [5.41, 5.74) is 1.93. The van der Waals surface area contributed by atoms with E-state index in [4.69, 9.17) is 4.74 Å². The summed E-state index contributed by atoms with van der Waals surface area (Å²) in [6.45, 7) is 7.88. The Morgan fingerprint density at radius 3 is 2.27 bits per heavy atom. The van der Waals surface area contributed by atoms with Crippen LogP contribution >= 0.6 is 0 Å². The van der Waals surface area contributed by atoms with Gasteiger partial charge in [0.2, 0.25) is 0 Å². The average Bonchev–Trinajstić information content (AvgIpc) is 2.51. The van der Waals surface area contributed by atoms with Gasteiger partial charge in [0.15, 0.2) is 6.61 Å². The van der Waals surface area contributed by atoms with Crippen LogP contribution < -0.4 is 15.4 Å². The zero-order chi connectivity index (χ0) is 20.0. The maximum Gasteiger partial charge on any atom is 0.471 e. The molecule has 0 saturated carbocycles. The maximum atomic E-state index is 12.0. The van der Waals surface area contributed by atoms with Crippen molar-refractivity contribution in [3.8, 4) is 5.75 Å². The number of ether oxygens (including phenoxy) is 1. The van der Waals surface area contributed by atoms with Crippen molar-refractivity contribution in [2.75, 3.05) is 19.7 Å². The number of alkyl halides is 3. The van der Waals surface area contributed by atoms with Gasteiger partial charge in [0.1, 0.15) is 5.75 Å². The minimum Gasteiger partial charge on any atom is -0.483 e. The Morgan fingerprint density at radius 2 is 1.69 bits per heavy atom. The lowest BCUT2D eigenvalue weighted by Gasteiger charge is -2.23. The van der Waals surface area contributed by atoms with Gasteiger partial charge in [-0.05, 0) is 30.4 Å². The first-order valence-electron chi connectivity index (χ1n) is 8.27. The van der Waals surface area contributed by atoms with Gasteiger partial charge >= 0.3 is 12.1 Å². The van der Waals surface area contributed by atoms with Crippen molar-refractivity contribution in [2.45, 2.75) is 45.7 Å². The van der Waals surface area contributed by atoms with E-state index < -0.39 is 12.1 Å². The quantitative estimate of drug-likeness (QED) is 0.721. The topological polar surface area (TPSA) is 67.4 Å². The highest BCUT2D eigenvalue weighted by atomic mass is 19.4. The SMILES string of the molecule is Cc1ccc(OCC(=O)NCCCNC(=O)C(F)(F)F)c(C(C)(C)C)c1. The van der Waals surface area contributed by atoms with E-state index in [-0.39, 0.29) is 37.4 Å². The van der Waals surface area contributed by atoms with Crippen LogP contribution in [0.5, 0.6) is 5.75 Å². The monoisotopic (exact) mass is 374 g/mol. The number of hydrogen-bond acceptors (Lipinski definition) is 3. The van der Waals surface area contributed by atoms with E-state index in [9.17, 15) is 22.8 Å². The van der Waals surface area contributed by atoms with Crippen LogP contribution in [0.4, 0.5) is 13.2 Å². The molecule has 0 spiro atoms. The van der Waals surface area contributed by atoms with Gasteiger partial charge < -0.3 is 15.4 Å². The number of amides is 2. The normalized spacial score (nSPS) is 11.8. The molecule has 0 aliphatic carbocycles. The molecule has 0 atom stereocenters. The lowest BCUT2D eigenvalue weighted by molar-refractivity contribution is -0.173. The smallest absolute Gasteiger partial charge is 0.471 e. The molecule has 0 aromatic heterocycles. The van der Waals surface area contributed by atoms with E-state index in [2.05, 4.69) is 5.32 Å². The van der Waals surface area contributed by atoms with Gasteiger partial charge in [-0.15, -0.1) is 0 Å². The lowest BCUT2D eigenvalue weighted by atomic mass is 9.85. The molecule has 8 heteroatoms. The largest absolute Gasteiger partial charge is 0.483 e. The molecule has 0 aliphatic rings. The first kappa shape index (κ1) is 21.8. The fraction of sp³-hybridized carbons (Fsp3) is 0.556. The summed E-state index contributed by atoms with van der Waals surface area (Å²) < 4.78 is 41.6. The van der Waals surface area contributed by atoms with Crippen molar-refractivity contribution in [1.29, 1.82) is 0 Å². The highest BCUT2D eigenvalue weighted by Crippen LogP contribution is 2.32. The number of carbonyl (C=O) groups is 2. The summed E-state index contributed by atoms with van der Waals surface area (Å²) in [7, 11) is 0. The number of benzene rings is 1. The number of carbonyl (C=O) groups excluding carboxylic acids is 2. The molecule has 1 aromatic carbocycles. The standard InChI is InChI=1S/C18H25F3N2O3/c1-12-6-7-14(13(10-12)17(2,3)4)26-11-15(24)22-8-5-9-23-16(25)18(19,20)21/h6-7,10H,5,8-9,11H2,1-4H3,(H,22,24)(H,23,25). The molecule has 146 valence electrons. The van der Waals surface area contributed by atoms with Crippen molar-refractivity contribution in [3.63, 3.8) is 0 Å². The molecule has 1 rings (SSSR count). The Hall–Kier alpha value is -2.25. The molecule has 26 heavy (non-hydrogen) atoms. The number of hydrogen-bond donors (Lipinski definition) is 2. The second-order valence-corrected chi connectivity index (χ2v) is 7.00. The van der Waals surface area contributed by atoms with Gasteiger partial charge in [0.05, 0.1) is 0 Å². The molecule has 2 N–H and O–H groups in total. The van der Waals surface area contributed by atoms with Crippen molar-refractivity contribution < 1.29 is 27.5 Å². The van der Waals surface area contributed by atoms with Crippen LogP contribution in [0.2, 0.25) is 0 Å². The molecular formula is C18H25F3N2O3. The Morgan fingerprint density at radius 1 is 1.08 bits per heavy atom. The summed E-state index contributed by atoms with van der Waals surface area (Å²) in [4.78, 5) is 22.4. The number of rotatable bonds is 7. The molecule has 0 aliphatic heterocycles. The van der Waals surface area contributed by atoms with E-state index in [1.54, 1.807) is 5.32 Å². The molecule has 0 bridgehead atoms. The number of aryl methyl sites for hydroxylation is 1. The molecule has 0 radical (unpaired) electrons. The van der Waals surface area contributed by atoms with Crippen LogP contribution in [0.15, 0.2) is 18.2 Å². The molecular weight excluding hydrogens is 349 g/mol. The Balaban J connectivity index is 2.39. The summed E-state index contributed by atoms with van der Waals surface area (Å²) in [5, 5.41) is 4.28. The number of nitrogens with one attached hydrogen (secondary N) is 2. The van der Waals surface area contributed by atoms with Crippen LogP contribution in [-0.2, 0) is 15.0 Å². The lowest BCUT2D eigenvalue weighted by Crippen LogP contribution is -2.38. The van der Waals surface area contributed by atoms with E-state index >= 15 is 0 Å². The van der Waals surface area contributed by atoms with Crippen LogP contribution in [0.1, 0.15) is 38.3 Å². The minimum atomic E-state index is -4.89. The molecule has 0 fully saturated rings. The van der Waals surface area contributed by atoms with Crippen LogP contribution in [-0.4, -0.2) is 37.7 Å². The molecule has 0 heterocycles. The predicted molar refractivity (Wildman–Crippen MR) is 92.1 cm³/mol. The fourth-order valence-electron chi connectivity index (χ4n) is 2.17. The van der Waals surface area contributed by atoms with Gasteiger partial charge in [-0.25, -0.2) is 0 Å². The van der Waals surface area contributed by atoms with Gasteiger partial charge in [-0.3, -0.25) is 9.59 Å². The summed E-state index contributed by atoms with van der Waals surface area (Å²) >= 11 is 0. The van der Waals surface area contributed by atoms with Gasteiger partial charge in [0, 0.05) is 13.1 Å². The highest BCUT2D eigenvalue weighted by molar-refractivity contribution is 5.81. The molecule has 0 saturated heterocycles. The zero-order valence-corrected chi connectivity index (χ0v) is 15.4. The van der Waals surface area contributed by atoms with Crippen molar-refractivity contribution in [3.05, 3.63) is 29.3 Å². The zero-order valence-electron chi connectivity index (χ0n) is 15.4. The van der Waals surface area contributed by atoms with Gasteiger partial charge in [-0.1, -0.05) is 38.5 Å². The molecule has 0 unspecified atom stereocenters. The second-order valence-electron chi connectivity index (χ2n) is 7.00. The fourth-order valence-corrected chi connectivity index (χ4v) is 2.17. The Bertz CT molecular complexity index is 638. The van der Waals surface area contributed by atoms with E-state index in [0.717, 1.165) is 11.1 Å². The highest BCUT2D eigenvalue weighted by Gasteiger charge is 2.38. The van der Waals surface area contributed by atoms with Crippen molar-refractivity contribution in [2.24, 2.45) is 0 Å². The first-order valence-corrected chi connectivity index (χ1v) is 8.27. The first-order chi connectivity index (χ1) is 11.9. The molecule has 5 nitrogen and oxygen atoms in total.